The molecule has 0 bridgehead atoms. The zero-order valence-electron chi connectivity index (χ0n) is 16.6. The van der Waals surface area contributed by atoms with Crippen molar-refractivity contribution in [3.8, 4) is 0 Å². The van der Waals surface area contributed by atoms with Crippen molar-refractivity contribution in [2.24, 2.45) is 5.92 Å². The highest BCUT2D eigenvalue weighted by Crippen LogP contribution is 2.28. The summed E-state index contributed by atoms with van der Waals surface area (Å²) in [5.74, 6) is 0.790. The molecule has 8 nitrogen and oxygen atoms in total. The van der Waals surface area contributed by atoms with Gasteiger partial charge in [0.25, 0.3) is 0 Å². The van der Waals surface area contributed by atoms with Crippen LogP contribution in [0.5, 0.6) is 0 Å². The lowest BCUT2D eigenvalue weighted by molar-refractivity contribution is -0.119. The molecule has 29 heavy (non-hydrogen) atoms. The molecule has 1 amide bonds. The standard InChI is InChI=1S/C20H26N6O2S/c1-14-17(25-9-11-29-20(25)22-14)12-24-7-3-16(4-8-24)26-18(2-6-21-26)23-19(27)15-5-10-28-13-15/h2,6,9,11,15-16H,3-5,7-8,10,12-13H2,1H3,(H,23,27)/t15-/m1/s1. The zero-order valence-corrected chi connectivity index (χ0v) is 17.4. The molecule has 0 spiro atoms. The molecule has 5 rings (SSSR count). The van der Waals surface area contributed by atoms with Gasteiger partial charge in [0.2, 0.25) is 5.91 Å². The molecule has 3 aromatic heterocycles. The van der Waals surface area contributed by atoms with Crippen molar-refractivity contribution in [1.82, 2.24) is 24.1 Å². The van der Waals surface area contributed by atoms with E-state index in [1.54, 1.807) is 17.5 Å². The average Bonchev–Trinajstić information content (AvgIpc) is 3.50. The summed E-state index contributed by atoms with van der Waals surface area (Å²) in [6.07, 6.45) is 6.71. The molecule has 0 aromatic carbocycles. The molecular formula is C20H26N6O2S. The van der Waals surface area contributed by atoms with Crippen molar-refractivity contribution < 1.29 is 9.53 Å². The molecule has 2 aliphatic rings. The average molecular weight is 415 g/mol. The third kappa shape index (κ3) is 3.70. The van der Waals surface area contributed by atoms with Gasteiger partial charge in [-0.25, -0.2) is 9.67 Å². The second-order valence-electron chi connectivity index (χ2n) is 7.92. The highest BCUT2D eigenvalue weighted by atomic mass is 32.1. The van der Waals surface area contributed by atoms with E-state index in [1.807, 2.05) is 10.7 Å². The first-order chi connectivity index (χ1) is 14.2. The molecule has 1 atom stereocenters. The van der Waals surface area contributed by atoms with Crippen molar-refractivity contribution in [1.29, 1.82) is 0 Å². The number of hydrogen-bond acceptors (Lipinski definition) is 6. The first-order valence-electron chi connectivity index (χ1n) is 10.2. The van der Waals surface area contributed by atoms with Gasteiger partial charge >= 0.3 is 0 Å². The summed E-state index contributed by atoms with van der Waals surface area (Å²) >= 11 is 1.68. The Hall–Kier alpha value is -2.23. The summed E-state index contributed by atoms with van der Waals surface area (Å²) < 4.78 is 9.53. The van der Waals surface area contributed by atoms with Gasteiger partial charge in [-0.1, -0.05) is 0 Å². The van der Waals surface area contributed by atoms with Crippen molar-refractivity contribution in [3.63, 3.8) is 0 Å². The smallest absolute Gasteiger partial charge is 0.231 e. The summed E-state index contributed by atoms with van der Waals surface area (Å²) in [6, 6.07) is 2.20. The zero-order chi connectivity index (χ0) is 19.8. The molecule has 0 radical (unpaired) electrons. The summed E-state index contributed by atoms with van der Waals surface area (Å²) in [4.78, 5) is 20.7. The number of imidazole rings is 1. The molecule has 2 aliphatic heterocycles. The SMILES string of the molecule is Cc1nc2sccn2c1CN1CCC(n2nccc2NC(=O)[C@@H]2CCOC2)CC1. The Bertz CT molecular complexity index is 994. The van der Waals surface area contributed by atoms with Crippen molar-refractivity contribution in [3.05, 3.63) is 35.2 Å². The number of piperidine rings is 1. The summed E-state index contributed by atoms with van der Waals surface area (Å²) in [7, 11) is 0. The van der Waals surface area contributed by atoms with Gasteiger partial charge < -0.3 is 10.1 Å². The number of carbonyl (C=O) groups excluding carboxylic acids is 1. The third-order valence-corrected chi connectivity index (χ3v) is 6.82. The summed E-state index contributed by atoms with van der Waals surface area (Å²) in [5, 5.41) is 9.65. The fourth-order valence-corrected chi connectivity index (χ4v) is 5.12. The van der Waals surface area contributed by atoms with Gasteiger partial charge in [0.1, 0.15) is 5.82 Å². The minimum absolute atomic E-state index is 0.0395. The Morgan fingerprint density at radius 1 is 1.34 bits per heavy atom. The fourth-order valence-electron chi connectivity index (χ4n) is 4.34. The molecule has 9 heteroatoms. The lowest BCUT2D eigenvalue weighted by atomic mass is 10.0. The molecule has 0 saturated carbocycles. The number of nitrogens with one attached hydrogen (secondary N) is 1. The number of fused-ring (bicyclic) bond motifs is 1. The molecular weight excluding hydrogens is 388 g/mol. The largest absolute Gasteiger partial charge is 0.381 e. The molecule has 5 heterocycles. The van der Waals surface area contributed by atoms with Gasteiger partial charge in [-0.05, 0) is 26.2 Å². The number of aromatic nitrogens is 4. The number of hydrogen-bond donors (Lipinski definition) is 1. The highest BCUT2D eigenvalue weighted by molar-refractivity contribution is 7.15. The monoisotopic (exact) mass is 414 g/mol. The summed E-state index contributed by atoms with van der Waals surface area (Å²) in [6.45, 7) is 6.21. The molecule has 2 saturated heterocycles. The van der Waals surface area contributed by atoms with Crippen LogP contribution in [0.25, 0.3) is 4.96 Å². The number of nitrogens with zero attached hydrogens (tertiary/aromatic N) is 5. The Morgan fingerprint density at radius 3 is 3.00 bits per heavy atom. The molecule has 0 aliphatic carbocycles. The normalized spacial score (nSPS) is 21.2. The van der Waals surface area contributed by atoms with Gasteiger partial charge in [0, 0.05) is 43.9 Å². The van der Waals surface area contributed by atoms with Crippen LogP contribution in [0.1, 0.15) is 36.7 Å². The predicted octanol–water partition coefficient (Wildman–Crippen LogP) is 2.71. The number of amides is 1. The number of carbonyl (C=O) groups is 1. The number of aryl methyl sites for hydroxylation is 1. The Kier molecular flexibility index (Phi) is 5.11. The van der Waals surface area contributed by atoms with E-state index in [0.717, 1.165) is 55.4 Å². The van der Waals surface area contributed by atoms with E-state index in [-0.39, 0.29) is 11.8 Å². The first kappa shape index (κ1) is 18.8. The van der Waals surface area contributed by atoms with E-state index in [2.05, 4.69) is 43.2 Å². The first-order valence-corrected chi connectivity index (χ1v) is 11.1. The maximum atomic E-state index is 12.4. The number of likely N-dealkylation sites (tertiary alicyclic amines) is 1. The number of anilines is 1. The van der Waals surface area contributed by atoms with E-state index >= 15 is 0 Å². The molecule has 1 N–H and O–H groups in total. The van der Waals surface area contributed by atoms with Gasteiger partial charge in [0.15, 0.2) is 4.96 Å². The second-order valence-corrected chi connectivity index (χ2v) is 8.79. The Morgan fingerprint density at radius 2 is 2.21 bits per heavy atom. The Balaban J connectivity index is 1.21. The van der Waals surface area contributed by atoms with Gasteiger partial charge in [-0.15, -0.1) is 11.3 Å². The van der Waals surface area contributed by atoms with Crippen LogP contribution in [0.15, 0.2) is 23.8 Å². The molecule has 0 unspecified atom stereocenters. The predicted molar refractivity (Wildman–Crippen MR) is 111 cm³/mol. The van der Waals surface area contributed by atoms with Crippen LogP contribution in [-0.4, -0.2) is 56.3 Å². The lowest BCUT2D eigenvalue weighted by Crippen LogP contribution is -2.35. The van der Waals surface area contributed by atoms with Crippen LogP contribution in [0.4, 0.5) is 5.82 Å². The number of thiazole rings is 1. The minimum atomic E-state index is -0.0481. The van der Waals surface area contributed by atoms with Crippen molar-refractivity contribution >= 4 is 28.0 Å². The van der Waals surface area contributed by atoms with Gasteiger partial charge in [-0.2, -0.15) is 5.10 Å². The van der Waals surface area contributed by atoms with Gasteiger partial charge in [-0.3, -0.25) is 14.1 Å². The molecule has 154 valence electrons. The molecule has 3 aromatic rings. The third-order valence-electron chi connectivity index (χ3n) is 6.06. The van der Waals surface area contributed by atoms with Crippen LogP contribution in [0.3, 0.4) is 0 Å². The van der Waals surface area contributed by atoms with Crippen LogP contribution >= 0.6 is 11.3 Å². The minimum Gasteiger partial charge on any atom is -0.381 e. The number of ether oxygens (including phenoxy) is 1. The van der Waals surface area contributed by atoms with Crippen LogP contribution in [-0.2, 0) is 16.1 Å². The molecule has 2 fully saturated rings. The summed E-state index contributed by atoms with van der Waals surface area (Å²) in [5.41, 5.74) is 2.40. The van der Waals surface area contributed by atoms with Crippen molar-refractivity contribution in [2.75, 3.05) is 31.6 Å². The van der Waals surface area contributed by atoms with E-state index in [0.29, 0.717) is 19.3 Å². The van der Waals surface area contributed by atoms with Crippen LogP contribution < -0.4 is 5.32 Å². The number of rotatable bonds is 5. The maximum Gasteiger partial charge on any atom is 0.231 e. The van der Waals surface area contributed by atoms with E-state index in [4.69, 9.17) is 4.74 Å². The lowest BCUT2D eigenvalue weighted by Gasteiger charge is -2.32. The van der Waals surface area contributed by atoms with E-state index in [9.17, 15) is 4.79 Å². The maximum absolute atomic E-state index is 12.4. The van der Waals surface area contributed by atoms with Crippen LogP contribution in [0, 0.1) is 12.8 Å². The van der Waals surface area contributed by atoms with E-state index < -0.39 is 0 Å². The Labute approximate surface area is 173 Å². The highest BCUT2D eigenvalue weighted by Gasteiger charge is 2.27. The van der Waals surface area contributed by atoms with Gasteiger partial charge in [0.05, 0.1) is 36.2 Å². The van der Waals surface area contributed by atoms with Crippen molar-refractivity contribution in [2.45, 2.75) is 38.8 Å². The van der Waals surface area contributed by atoms with Crippen LogP contribution in [0.2, 0.25) is 0 Å². The fraction of sp³-hybridized carbons (Fsp3) is 0.550. The second kappa shape index (κ2) is 7.89. The topological polar surface area (TPSA) is 76.7 Å². The van der Waals surface area contributed by atoms with E-state index in [1.165, 1.54) is 5.69 Å². The quantitative estimate of drug-likeness (QED) is 0.695.